The molecule has 10 heteroatoms. The molecule has 0 aromatic carbocycles. The number of aryl methyl sites for hydroxylation is 1. The molecule has 0 aliphatic carbocycles. The zero-order chi connectivity index (χ0) is 19.4. The summed E-state index contributed by atoms with van der Waals surface area (Å²) in [4.78, 5) is 12.7. The smallest absolute Gasteiger partial charge is 0.242 e. The van der Waals surface area contributed by atoms with Crippen molar-refractivity contribution < 1.29 is 9.13 Å². The van der Waals surface area contributed by atoms with Crippen molar-refractivity contribution in [2.24, 2.45) is 0 Å². The molecule has 0 aliphatic rings. The van der Waals surface area contributed by atoms with Gasteiger partial charge in [-0.05, 0) is 14.0 Å². The molecule has 9 nitrogen and oxygen atoms in total. The standard InChI is InChI=1S/C17H21FN8O/c1-10-5-13(20-3)25-17(23-10)24-12-8-21-16(27-4)15(14(12)18)26-9-11(6-19-2)7-22-26/h5,7-9,19H,6H2,1-4H3,(H2,20,23,24,25). The Kier molecular flexibility index (Phi) is 5.46. The number of nitrogens with zero attached hydrogens (tertiary/aromatic N) is 5. The Morgan fingerprint density at radius 1 is 1.22 bits per heavy atom. The summed E-state index contributed by atoms with van der Waals surface area (Å²) < 4.78 is 21.9. The Hall–Kier alpha value is -3.27. The monoisotopic (exact) mass is 372 g/mol. The van der Waals surface area contributed by atoms with Gasteiger partial charge in [-0.3, -0.25) is 0 Å². The van der Waals surface area contributed by atoms with Crippen molar-refractivity contribution in [3.63, 3.8) is 0 Å². The molecule has 27 heavy (non-hydrogen) atoms. The van der Waals surface area contributed by atoms with Crippen molar-refractivity contribution in [1.29, 1.82) is 0 Å². The molecule has 3 rings (SSSR count). The van der Waals surface area contributed by atoms with E-state index in [9.17, 15) is 0 Å². The molecule has 0 unspecified atom stereocenters. The molecule has 3 N–H and O–H groups in total. The molecule has 3 aromatic heterocycles. The van der Waals surface area contributed by atoms with Gasteiger partial charge in [0.2, 0.25) is 11.8 Å². The molecule has 0 bridgehead atoms. The summed E-state index contributed by atoms with van der Waals surface area (Å²) in [6.45, 7) is 2.44. The second-order valence-electron chi connectivity index (χ2n) is 5.76. The summed E-state index contributed by atoms with van der Waals surface area (Å²) in [7, 11) is 5.00. The lowest BCUT2D eigenvalue weighted by Crippen LogP contribution is -2.09. The lowest BCUT2D eigenvalue weighted by molar-refractivity contribution is 0.390. The highest BCUT2D eigenvalue weighted by Crippen LogP contribution is 2.29. The number of halogens is 1. The van der Waals surface area contributed by atoms with Crippen LogP contribution in [0.1, 0.15) is 11.3 Å². The van der Waals surface area contributed by atoms with Gasteiger partial charge in [-0.2, -0.15) is 10.1 Å². The highest BCUT2D eigenvalue weighted by atomic mass is 19.1. The minimum Gasteiger partial charge on any atom is -0.479 e. The minimum absolute atomic E-state index is 0.103. The van der Waals surface area contributed by atoms with Crippen LogP contribution < -0.4 is 20.7 Å². The zero-order valence-corrected chi connectivity index (χ0v) is 15.5. The molecule has 3 heterocycles. The van der Waals surface area contributed by atoms with Gasteiger partial charge in [-0.25, -0.2) is 19.0 Å². The normalized spacial score (nSPS) is 10.7. The fourth-order valence-corrected chi connectivity index (χ4v) is 2.55. The average molecular weight is 372 g/mol. The van der Waals surface area contributed by atoms with E-state index in [-0.39, 0.29) is 23.2 Å². The molecule has 0 fully saturated rings. The number of pyridine rings is 1. The Bertz CT molecular complexity index is 943. The third kappa shape index (κ3) is 3.95. The molecule has 0 spiro atoms. The predicted octanol–water partition coefficient (Wildman–Crippen LogP) is 2.02. The van der Waals surface area contributed by atoms with E-state index in [1.165, 1.54) is 18.0 Å². The van der Waals surface area contributed by atoms with E-state index in [1.807, 2.05) is 14.0 Å². The van der Waals surface area contributed by atoms with Gasteiger partial charge in [-0.1, -0.05) is 0 Å². The van der Waals surface area contributed by atoms with Gasteiger partial charge in [0.1, 0.15) is 5.82 Å². The van der Waals surface area contributed by atoms with Crippen molar-refractivity contribution in [1.82, 2.24) is 30.0 Å². The van der Waals surface area contributed by atoms with Crippen LogP contribution >= 0.6 is 0 Å². The van der Waals surface area contributed by atoms with Crippen LogP contribution in [0, 0.1) is 12.7 Å². The highest BCUT2D eigenvalue weighted by Gasteiger charge is 2.19. The van der Waals surface area contributed by atoms with Gasteiger partial charge in [0.25, 0.3) is 0 Å². The Morgan fingerprint density at radius 2 is 2.04 bits per heavy atom. The summed E-state index contributed by atoms with van der Waals surface area (Å²) in [6, 6.07) is 1.78. The summed E-state index contributed by atoms with van der Waals surface area (Å²) in [5, 5.41) is 13.0. The number of ether oxygens (including phenoxy) is 1. The lowest BCUT2D eigenvalue weighted by Gasteiger charge is -2.13. The van der Waals surface area contributed by atoms with Crippen LogP contribution in [0.3, 0.4) is 0 Å². The predicted molar refractivity (Wildman–Crippen MR) is 100 cm³/mol. The van der Waals surface area contributed by atoms with Crippen LogP contribution in [0.2, 0.25) is 0 Å². The van der Waals surface area contributed by atoms with Gasteiger partial charge in [-0.15, -0.1) is 0 Å². The van der Waals surface area contributed by atoms with Crippen LogP contribution in [-0.2, 0) is 6.54 Å². The highest BCUT2D eigenvalue weighted by molar-refractivity contribution is 5.61. The van der Waals surface area contributed by atoms with E-state index in [2.05, 4.69) is 36.0 Å². The Balaban J connectivity index is 2.01. The number of hydrogen-bond acceptors (Lipinski definition) is 8. The van der Waals surface area contributed by atoms with Gasteiger partial charge in [0.15, 0.2) is 11.5 Å². The van der Waals surface area contributed by atoms with Crippen LogP contribution in [-0.4, -0.2) is 45.9 Å². The second kappa shape index (κ2) is 7.96. The van der Waals surface area contributed by atoms with Gasteiger partial charge in [0.05, 0.1) is 25.2 Å². The van der Waals surface area contributed by atoms with Crippen molar-refractivity contribution in [3.8, 4) is 11.6 Å². The van der Waals surface area contributed by atoms with Gasteiger partial charge >= 0.3 is 0 Å². The van der Waals surface area contributed by atoms with Crippen LogP contribution in [0.4, 0.5) is 21.8 Å². The maximum atomic E-state index is 15.2. The third-order valence-corrected chi connectivity index (χ3v) is 3.75. The fourth-order valence-electron chi connectivity index (χ4n) is 2.55. The minimum atomic E-state index is -0.572. The summed E-state index contributed by atoms with van der Waals surface area (Å²) in [5.74, 6) is 0.429. The van der Waals surface area contributed by atoms with Crippen molar-refractivity contribution >= 4 is 17.5 Å². The number of aromatic nitrogens is 5. The lowest BCUT2D eigenvalue weighted by atomic mass is 10.3. The van der Waals surface area contributed by atoms with E-state index in [4.69, 9.17) is 4.74 Å². The first-order valence-electron chi connectivity index (χ1n) is 8.27. The number of methoxy groups -OCH3 is 1. The van der Waals surface area contributed by atoms with Crippen LogP contribution in [0.15, 0.2) is 24.7 Å². The molecular weight excluding hydrogens is 351 g/mol. The van der Waals surface area contributed by atoms with Crippen molar-refractivity contribution in [2.75, 3.05) is 31.8 Å². The van der Waals surface area contributed by atoms with Crippen LogP contribution in [0.25, 0.3) is 5.69 Å². The fraction of sp³-hybridized carbons (Fsp3) is 0.294. The topological polar surface area (TPSA) is 102 Å². The summed E-state index contributed by atoms with van der Waals surface area (Å²) in [5.41, 5.74) is 1.86. The molecule has 3 aromatic rings. The molecule has 0 radical (unpaired) electrons. The molecular formula is C17H21FN8O. The molecule has 0 saturated carbocycles. The van der Waals surface area contributed by atoms with Gasteiger partial charge < -0.3 is 20.7 Å². The largest absolute Gasteiger partial charge is 0.479 e. The maximum Gasteiger partial charge on any atom is 0.242 e. The van der Waals surface area contributed by atoms with E-state index >= 15 is 4.39 Å². The average Bonchev–Trinajstić information content (AvgIpc) is 3.11. The van der Waals surface area contributed by atoms with E-state index < -0.39 is 5.82 Å². The van der Waals surface area contributed by atoms with E-state index in [0.29, 0.717) is 12.4 Å². The first-order valence-corrected chi connectivity index (χ1v) is 8.27. The number of nitrogens with one attached hydrogen (secondary N) is 3. The van der Waals surface area contributed by atoms with Gasteiger partial charge in [0, 0.05) is 37.1 Å². The third-order valence-electron chi connectivity index (χ3n) is 3.75. The number of anilines is 3. The molecule has 0 aliphatic heterocycles. The molecule has 142 valence electrons. The van der Waals surface area contributed by atoms with Crippen molar-refractivity contribution in [2.45, 2.75) is 13.5 Å². The van der Waals surface area contributed by atoms with Crippen LogP contribution in [0.5, 0.6) is 5.88 Å². The molecule has 0 atom stereocenters. The van der Waals surface area contributed by atoms with E-state index in [1.54, 1.807) is 25.5 Å². The first-order chi connectivity index (χ1) is 13.0. The number of rotatable bonds is 7. The Labute approximate surface area is 156 Å². The summed E-state index contributed by atoms with van der Waals surface area (Å²) in [6.07, 6.45) is 4.70. The molecule has 0 amide bonds. The SMILES string of the molecule is CNCc1cnn(-c2c(OC)ncc(Nc3nc(C)cc(NC)n3)c2F)c1. The Morgan fingerprint density at radius 3 is 2.74 bits per heavy atom. The second-order valence-corrected chi connectivity index (χ2v) is 5.76. The first kappa shape index (κ1) is 18.5. The number of hydrogen-bond donors (Lipinski definition) is 3. The zero-order valence-electron chi connectivity index (χ0n) is 15.5. The summed E-state index contributed by atoms with van der Waals surface area (Å²) >= 11 is 0. The van der Waals surface area contributed by atoms with E-state index in [0.717, 1.165) is 11.3 Å². The molecule has 0 saturated heterocycles. The van der Waals surface area contributed by atoms with Crippen molar-refractivity contribution in [3.05, 3.63) is 41.7 Å². The maximum absolute atomic E-state index is 15.2. The quantitative estimate of drug-likeness (QED) is 0.579.